The van der Waals surface area contributed by atoms with Crippen LogP contribution in [0.15, 0.2) is 48.5 Å². The minimum Gasteiger partial charge on any atom is -0.359 e. The van der Waals surface area contributed by atoms with Crippen molar-refractivity contribution in [1.82, 2.24) is 0 Å². The summed E-state index contributed by atoms with van der Waals surface area (Å²) in [5.41, 5.74) is 2.74. The van der Waals surface area contributed by atoms with E-state index in [1.54, 1.807) is 0 Å². The third-order valence-corrected chi connectivity index (χ3v) is 4.05. The summed E-state index contributed by atoms with van der Waals surface area (Å²) in [6.45, 7) is 0. The molecule has 0 spiro atoms. The SMILES string of the molecule is c1cc2c3c(c1)ccc1cccc(c13)C1OC21. The number of fused-ring (bicyclic) bond motifs is 3. The first kappa shape index (κ1) is 8.26. The molecule has 1 heteroatoms. The maximum absolute atomic E-state index is 5.84. The van der Waals surface area contributed by atoms with Gasteiger partial charge in [-0.05, 0) is 32.7 Å². The van der Waals surface area contributed by atoms with E-state index in [1.807, 2.05) is 0 Å². The zero-order valence-electron chi connectivity index (χ0n) is 9.18. The van der Waals surface area contributed by atoms with E-state index in [4.69, 9.17) is 4.74 Å². The van der Waals surface area contributed by atoms with E-state index in [0.29, 0.717) is 12.2 Å². The number of rotatable bonds is 0. The van der Waals surface area contributed by atoms with Gasteiger partial charge in [0.1, 0.15) is 12.2 Å². The van der Waals surface area contributed by atoms with Crippen LogP contribution in [0.2, 0.25) is 0 Å². The maximum atomic E-state index is 5.84. The normalized spacial score (nSPS) is 24.2. The third-order valence-electron chi connectivity index (χ3n) is 4.05. The van der Waals surface area contributed by atoms with Gasteiger partial charge >= 0.3 is 0 Å². The molecule has 0 saturated carbocycles. The van der Waals surface area contributed by atoms with E-state index in [1.165, 1.54) is 32.7 Å². The number of hydrogen-bond donors (Lipinski definition) is 0. The fraction of sp³-hybridized carbons (Fsp3) is 0.125. The van der Waals surface area contributed by atoms with Crippen molar-refractivity contribution in [2.45, 2.75) is 12.2 Å². The third kappa shape index (κ3) is 0.863. The summed E-state index contributed by atoms with van der Waals surface area (Å²) < 4.78 is 5.84. The smallest absolute Gasteiger partial charge is 0.114 e. The Labute approximate surface area is 98.6 Å². The van der Waals surface area contributed by atoms with Gasteiger partial charge in [-0.25, -0.2) is 0 Å². The Morgan fingerprint density at radius 1 is 0.647 bits per heavy atom. The van der Waals surface area contributed by atoms with E-state index < -0.39 is 0 Å². The van der Waals surface area contributed by atoms with E-state index >= 15 is 0 Å². The van der Waals surface area contributed by atoms with Crippen LogP contribution in [0.3, 0.4) is 0 Å². The molecule has 1 aliphatic heterocycles. The lowest BCUT2D eigenvalue weighted by atomic mass is 9.86. The molecule has 1 saturated heterocycles. The van der Waals surface area contributed by atoms with Gasteiger partial charge in [-0.2, -0.15) is 0 Å². The molecule has 3 aromatic carbocycles. The van der Waals surface area contributed by atoms with Crippen molar-refractivity contribution in [3.8, 4) is 0 Å². The summed E-state index contributed by atoms with van der Waals surface area (Å²) in [5, 5.41) is 5.46. The van der Waals surface area contributed by atoms with Crippen molar-refractivity contribution >= 4 is 21.5 Å². The molecule has 80 valence electrons. The summed E-state index contributed by atoms with van der Waals surface area (Å²) >= 11 is 0. The summed E-state index contributed by atoms with van der Waals surface area (Å²) in [4.78, 5) is 0. The molecule has 1 fully saturated rings. The van der Waals surface area contributed by atoms with Gasteiger partial charge in [-0.3, -0.25) is 0 Å². The Morgan fingerprint density at radius 3 is 1.71 bits per heavy atom. The highest BCUT2D eigenvalue weighted by atomic mass is 16.6. The summed E-state index contributed by atoms with van der Waals surface area (Å²) in [6, 6.07) is 17.5. The highest BCUT2D eigenvalue weighted by Gasteiger charge is 2.46. The molecule has 0 radical (unpaired) electrons. The zero-order chi connectivity index (χ0) is 11.0. The lowest BCUT2D eigenvalue weighted by molar-refractivity contribution is 0.380. The van der Waals surface area contributed by atoms with Gasteiger partial charge in [0.2, 0.25) is 0 Å². The molecule has 0 N–H and O–H groups in total. The predicted octanol–water partition coefficient (Wildman–Crippen LogP) is 4.12. The van der Waals surface area contributed by atoms with Crippen LogP contribution < -0.4 is 0 Å². The van der Waals surface area contributed by atoms with Crippen LogP contribution in [0.1, 0.15) is 23.3 Å². The molecule has 2 atom stereocenters. The molecule has 0 aromatic heterocycles. The van der Waals surface area contributed by atoms with Crippen molar-refractivity contribution in [3.05, 3.63) is 59.7 Å². The number of benzene rings is 3. The van der Waals surface area contributed by atoms with E-state index in [0.717, 1.165) is 0 Å². The first-order chi connectivity index (χ1) is 8.43. The number of hydrogen-bond acceptors (Lipinski definition) is 1. The Hall–Kier alpha value is -1.86. The van der Waals surface area contributed by atoms with E-state index in [-0.39, 0.29) is 0 Å². The van der Waals surface area contributed by atoms with Gasteiger partial charge in [0.15, 0.2) is 0 Å². The lowest BCUT2D eigenvalue weighted by Crippen LogP contribution is -1.96. The molecule has 2 aliphatic rings. The van der Waals surface area contributed by atoms with Gasteiger partial charge < -0.3 is 4.74 Å². The Bertz CT molecular complexity index is 721. The van der Waals surface area contributed by atoms with E-state index in [2.05, 4.69) is 48.5 Å². The van der Waals surface area contributed by atoms with Crippen LogP contribution in [-0.4, -0.2) is 0 Å². The molecule has 5 rings (SSSR count). The Kier molecular flexibility index (Phi) is 1.22. The van der Waals surface area contributed by atoms with Crippen molar-refractivity contribution in [1.29, 1.82) is 0 Å². The first-order valence-corrected chi connectivity index (χ1v) is 6.03. The quantitative estimate of drug-likeness (QED) is 0.408. The summed E-state index contributed by atoms with van der Waals surface area (Å²) in [7, 11) is 0. The van der Waals surface area contributed by atoms with Crippen LogP contribution in [0.25, 0.3) is 21.5 Å². The molecular formula is C16H10O. The minimum atomic E-state index is 0.305. The second kappa shape index (κ2) is 2.52. The fourth-order valence-electron chi connectivity index (χ4n) is 3.27. The highest BCUT2D eigenvalue weighted by molar-refractivity contribution is 6.12. The van der Waals surface area contributed by atoms with Crippen LogP contribution in [0.5, 0.6) is 0 Å². The van der Waals surface area contributed by atoms with Crippen LogP contribution >= 0.6 is 0 Å². The zero-order valence-corrected chi connectivity index (χ0v) is 9.18. The average Bonchev–Trinajstić information content (AvgIpc) is 3.17. The number of ether oxygens (including phenoxy) is 1. The van der Waals surface area contributed by atoms with Gasteiger partial charge in [0.25, 0.3) is 0 Å². The first-order valence-electron chi connectivity index (χ1n) is 6.03. The molecule has 0 bridgehead atoms. The predicted molar refractivity (Wildman–Crippen MR) is 68.0 cm³/mol. The van der Waals surface area contributed by atoms with Gasteiger partial charge in [-0.15, -0.1) is 0 Å². The molecule has 1 nitrogen and oxygen atoms in total. The molecule has 1 aliphatic carbocycles. The second-order valence-electron chi connectivity index (χ2n) is 4.93. The minimum absolute atomic E-state index is 0.305. The van der Waals surface area contributed by atoms with Crippen molar-refractivity contribution in [3.63, 3.8) is 0 Å². The maximum Gasteiger partial charge on any atom is 0.114 e. The summed E-state index contributed by atoms with van der Waals surface area (Å²) in [6.07, 6.45) is 0.610. The topological polar surface area (TPSA) is 12.5 Å². The van der Waals surface area contributed by atoms with Crippen molar-refractivity contribution < 1.29 is 4.74 Å². The largest absolute Gasteiger partial charge is 0.359 e. The van der Waals surface area contributed by atoms with Gasteiger partial charge in [0, 0.05) is 0 Å². The molecule has 3 aromatic rings. The molecule has 0 amide bonds. The average molecular weight is 218 g/mol. The Morgan fingerprint density at radius 2 is 1.18 bits per heavy atom. The molecule has 17 heavy (non-hydrogen) atoms. The standard InChI is InChI=1S/C16H10O/c1-3-9-7-8-10-4-2-6-12-14(10)13(9)11(5-1)15-16(12)17-15/h1-8,15-16H. The summed E-state index contributed by atoms with van der Waals surface area (Å²) in [5.74, 6) is 0. The second-order valence-corrected chi connectivity index (χ2v) is 4.93. The van der Waals surface area contributed by atoms with Crippen molar-refractivity contribution in [2.24, 2.45) is 0 Å². The monoisotopic (exact) mass is 218 g/mol. The van der Waals surface area contributed by atoms with Crippen LogP contribution in [0.4, 0.5) is 0 Å². The molecule has 2 unspecified atom stereocenters. The molecule has 1 heterocycles. The number of epoxide rings is 1. The fourth-order valence-corrected chi connectivity index (χ4v) is 3.27. The lowest BCUT2D eigenvalue weighted by Gasteiger charge is -2.15. The highest BCUT2D eigenvalue weighted by Crippen LogP contribution is 2.58. The molecular weight excluding hydrogens is 208 g/mol. The van der Waals surface area contributed by atoms with Gasteiger partial charge in [0.05, 0.1) is 0 Å². The van der Waals surface area contributed by atoms with E-state index in [9.17, 15) is 0 Å². The Balaban J connectivity index is 2.19. The van der Waals surface area contributed by atoms with Crippen LogP contribution in [-0.2, 0) is 4.74 Å². The van der Waals surface area contributed by atoms with Crippen molar-refractivity contribution in [2.75, 3.05) is 0 Å². The van der Waals surface area contributed by atoms with Gasteiger partial charge in [-0.1, -0.05) is 48.5 Å². The van der Waals surface area contributed by atoms with Crippen LogP contribution in [0, 0.1) is 0 Å².